The fraction of sp³-hybridized carbons (Fsp3) is 0.500. The first-order valence-corrected chi connectivity index (χ1v) is 3.85. The first kappa shape index (κ1) is 8.93. The second kappa shape index (κ2) is 4.01. The predicted octanol–water partition coefficient (Wildman–Crippen LogP) is 0.547. The van der Waals surface area contributed by atoms with Crippen molar-refractivity contribution in [2.24, 2.45) is 5.73 Å². The number of rotatable bonds is 3. The maximum atomic E-state index is 5.48. The molecule has 2 N–H and O–H groups in total. The van der Waals surface area contributed by atoms with Crippen LogP contribution in [-0.2, 0) is 0 Å². The van der Waals surface area contributed by atoms with Gasteiger partial charge in [-0.15, -0.1) is 5.10 Å². The molecule has 1 rings (SSSR count). The van der Waals surface area contributed by atoms with E-state index >= 15 is 0 Å². The average molecular weight is 167 g/mol. The lowest BCUT2D eigenvalue weighted by atomic mass is 10.1. The Morgan fingerprint density at radius 2 is 2.25 bits per heavy atom. The van der Waals surface area contributed by atoms with Crippen molar-refractivity contribution < 1.29 is 4.74 Å². The van der Waals surface area contributed by atoms with E-state index in [2.05, 4.69) is 10.2 Å². The molecule has 12 heavy (non-hydrogen) atoms. The van der Waals surface area contributed by atoms with Crippen molar-refractivity contribution >= 4 is 0 Å². The van der Waals surface area contributed by atoms with E-state index in [1.807, 2.05) is 13.0 Å². The lowest BCUT2D eigenvalue weighted by Gasteiger charge is -2.06. The van der Waals surface area contributed by atoms with Gasteiger partial charge < -0.3 is 10.5 Å². The summed E-state index contributed by atoms with van der Waals surface area (Å²) in [6.07, 6.45) is 0. The zero-order valence-electron chi connectivity index (χ0n) is 7.32. The Balaban J connectivity index is 2.77. The Bertz CT molecular complexity index is 235. The lowest BCUT2D eigenvalue weighted by Crippen LogP contribution is -2.10. The second-order valence-electron chi connectivity index (χ2n) is 2.64. The first-order valence-electron chi connectivity index (χ1n) is 3.85. The number of ether oxygens (including phenoxy) is 1. The van der Waals surface area contributed by atoms with Crippen LogP contribution in [0.3, 0.4) is 0 Å². The van der Waals surface area contributed by atoms with Gasteiger partial charge >= 0.3 is 0 Å². The molecule has 1 heterocycles. The molecule has 0 amide bonds. The molecule has 4 heteroatoms. The Morgan fingerprint density at radius 1 is 1.50 bits per heavy atom. The molecule has 66 valence electrons. The van der Waals surface area contributed by atoms with Crippen LogP contribution in [0.1, 0.15) is 18.5 Å². The highest BCUT2D eigenvalue weighted by molar-refractivity contribution is 5.14. The van der Waals surface area contributed by atoms with Gasteiger partial charge in [-0.05, 0) is 6.07 Å². The van der Waals surface area contributed by atoms with Crippen LogP contribution >= 0.6 is 0 Å². The van der Waals surface area contributed by atoms with E-state index in [4.69, 9.17) is 10.5 Å². The van der Waals surface area contributed by atoms with Gasteiger partial charge in [0.15, 0.2) is 0 Å². The van der Waals surface area contributed by atoms with E-state index in [1.165, 1.54) is 0 Å². The van der Waals surface area contributed by atoms with Crippen molar-refractivity contribution in [1.29, 1.82) is 0 Å². The van der Waals surface area contributed by atoms with Crippen molar-refractivity contribution in [2.45, 2.75) is 12.8 Å². The molecule has 0 aliphatic carbocycles. The number of nitrogens with two attached hydrogens (primary N) is 1. The van der Waals surface area contributed by atoms with Gasteiger partial charge in [-0.3, -0.25) is 0 Å². The van der Waals surface area contributed by atoms with E-state index in [-0.39, 0.29) is 5.92 Å². The lowest BCUT2D eigenvalue weighted by molar-refractivity contribution is 0.390. The van der Waals surface area contributed by atoms with Crippen LogP contribution < -0.4 is 10.5 Å². The quantitative estimate of drug-likeness (QED) is 0.714. The maximum absolute atomic E-state index is 5.48. The maximum Gasteiger partial charge on any atom is 0.233 e. The molecule has 1 atom stereocenters. The van der Waals surface area contributed by atoms with Crippen LogP contribution in [0, 0.1) is 0 Å². The van der Waals surface area contributed by atoms with Crippen LogP contribution in [0.5, 0.6) is 5.88 Å². The average Bonchev–Trinajstić information content (AvgIpc) is 2.17. The first-order chi connectivity index (χ1) is 5.77. The van der Waals surface area contributed by atoms with Gasteiger partial charge in [0.1, 0.15) is 0 Å². The van der Waals surface area contributed by atoms with E-state index in [0.29, 0.717) is 12.4 Å². The number of hydrogen-bond donors (Lipinski definition) is 1. The molecule has 0 aromatic carbocycles. The van der Waals surface area contributed by atoms with E-state index in [9.17, 15) is 0 Å². The summed E-state index contributed by atoms with van der Waals surface area (Å²) in [5.41, 5.74) is 6.38. The van der Waals surface area contributed by atoms with Gasteiger partial charge in [-0.1, -0.05) is 6.92 Å². The summed E-state index contributed by atoms with van der Waals surface area (Å²) in [7, 11) is 1.57. The normalized spacial score (nSPS) is 12.6. The molecular formula is C8H13N3O. The Kier molecular flexibility index (Phi) is 2.99. The van der Waals surface area contributed by atoms with Crippen molar-refractivity contribution in [1.82, 2.24) is 10.2 Å². The van der Waals surface area contributed by atoms with Gasteiger partial charge in [0.2, 0.25) is 5.88 Å². The number of aromatic nitrogens is 2. The third-order valence-electron chi connectivity index (χ3n) is 1.73. The van der Waals surface area contributed by atoms with Gasteiger partial charge in [0, 0.05) is 18.5 Å². The standard InChI is InChI=1S/C8H13N3O/c1-6(5-9)7-3-4-8(12-2)11-10-7/h3-4,6H,5,9H2,1-2H3. The monoisotopic (exact) mass is 167 g/mol. The highest BCUT2D eigenvalue weighted by Gasteiger charge is 2.04. The molecule has 0 spiro atoms. The van der Waals surface area contributed by atoms with Gasteiger partial charge in [-0.25, -0.2) is 0 Å². The molecule has 0 fully saturated rings. The molecular weight excluding hydrogens is 154 g/mol. The van der Waals surface area contributed by atoms with Crippen LogP contribution in [0.25, 0.3) is 0 Å². The number of methoxy groups -OCH3 is 1. The molecule has 0 radical (unpaired) electrons. The van der Waals surface area contributed by atoms with Crippen molar-refractivity contribution in [2.75, 3.05) is 13.7 Å². The minimum atomic E-state index is 0.253. The van der Waals surface area contributed by atoms with Crippen LogP contribution in [0.15, 0.2) is 12.1 Å². The van der Waals surface area contributed by atoms with Crippen molar-refractivity contribution in [3.05, 3.63) is 17.8 Å². The Labute approximate surface area is 71.8 Å². The highest BCUT2D eigenvalue weighted by atomic mass is 16.5. The third-order valence-corrected chi connectivity index (χ3v) is 1.73. The minimum absolute atomic E-state index is 0.253. The number of nitrogens with zero attached hydrogens (tertiary/aromatic N) is 2. The van der Waals surface area contributed by atoms with Gasteiger partial charge in [0.25, 0.3) is 0 Å². The summed E-state index contributed by atoms with van der Waals surface area (Å²) in [6, 6.07) is 3.66. The van der Waals surface area contributed by atoms with Crippen LogP contribution in [0.2, 0.25) is 0 Å². The summed E-state index contributed by atoms with van der Waals surface area (Å²) < 4.78 is 4.88. The van der Waals surface area contributed by atoms with Crippen molar-refractivity contribution in [3.63, 3.8) is 0 Å². The topological polar surface area (TPSA) is 61.0 Å². The second-order valence-corrected chi connectivity index (χ2v) is 2.64. The Hall–Kier alpha value is -1.16. The predicted molar refractivity (Wildman–Crippen MR) is 46.1 cm³/mol. The fourth-order valence-corrected chi connectivity index (χ4v) is 0.823. The Morgan fingerprint density at radius 3 is 2.67 bits per heavy atom. The van der Waals surface area contributed by atoms with Gasteiger partial charge in [0.05, 0.1) is 12.8 Å². The summed E-state index contributed by atoms with van der Waals surface area (Å²) in [6.45, 7) is 2.59. The van der Waals surface area contributed by atoms with Crippen LogP contribution in [0.4, 0.5) is 0 Å². The molecule has 4 nitrogen and oxygen atoms in total. The highest BCUT2D eigenvalue weighted by Crippen LogP contribution is 2.11. The van der Waals surface area contributed by atoms with E-state index in [0.717, 1.165) is 5.69 Å². The fourth-order valence-electron chi connectivity index (χ4n) is 0.823. The molecule has 0 bridgehead atoms. The zero-order chi connectivity index (χ0) is 8.97. The summed E-state index contributed by atoms with van der Waals surface area (Å²) in [5, 5.41) is 7.80. The summed E-state index contributed by atoms with van der Waals surface area (Å²) in [5.74, 6) is 0.784. The minimum Gasteiger partial charge on any atom is -0.480 e. The summed E-state index contributed by atoms with van der Waals surface area (Å²) >= 11 is 0. The molecule has 0 saturated carbocycles. The van der Waals surface area contributed by atoms with Gasteiger partial charge in [-0.2, -0.15) is 5.10 Å². The third kappa shape index (κ3) is 1.92. The molecule has 1 unspecified atom stereocenters. The largest absolute Gasteiger partial charge is 0.480 e. The summed E-state index contributed by atoms with van der Waals surface area (Å²) in [4.78, 5) is 0. The smallest absolute Gasteiger partial charge is 0.233 e. The molecule has 0 saturated heterocycles. The van der Waals surface area contributed by atoms with E-state index in [1.54, 1.807) is 13.2 Å². The number of hydrogen-bond acceptors (Lipinski definition) is 4. The molecule has 0 aliphatic rings. The molecule has 1 aromatic heterocycles. The SMILES string of the molecule is COc1ccc(C(C)CN)nn1. The van der Waals surface area contributed by atoms with E-state index < -0.39 is 0 Å². The zero-order valence-corrected chi connectivity index (χ0v) is 7.32. The van der Waals surface area contributed by atoms with Crippen molar-refractivity contribution in [3.8, 4) is 5.88 Å². The molecule has 0 aliphatic heterocycles. The van der Waals surface area contributed by atoms with Crippen LogP contribution in [-0.4, -0.2) is 23.9 Å². The molecule has 1 aromatic rings.